The standard InChI is InChI=1S/C10H18N2O3S2/c1-10(2,17(3,14)15)9(13)12-7(8(11)16)6-4-5-6/h6-7H,4-5H2,1-3H3,(H2,11,16)(H,12,13). The molecule has 17 heavy (non-hydrogen) atoms. The average Bonchev–Trinajstić information content (AvgIpc) is 2.94. The highest BCUT2D eigenvalue weighted by Gasteiger charge is 2.42. The van der Waals surface area contributed by atoms with Crippen LogP contribution in [0.4, 0.5) is 0 Å². The number of carbonyl (C=O) groups is 1. The number of sulfone groups is 1. The quantitative estimate of drug-likeness (QED) is 0.691. The molecule has 0 heterocycles. The Bertz CT molecular complexity index is 438. The van der Waals surface area contributed by atoms with Gasteiger partial charge in [-0.15, -0.1) is 0 Å². The molecule has 0 aromatic rings. The van der Waals surface area contributed by atoms with E-state index in [1.807, 2.05) is 0 Å². The molecule has 3 N–H and O–H groups in total. The van der Waals surface area contributed by atoms with E-state index in [0.717, 1.165) is 19.1 Å². The number of amides is 1. The van der Waals surface area contributed by atoms with Crippen molar-refractivity contribution in [3.63, 3.8) is 0 Å². The highest BCUT2D eigenvalue weighted by Crippen LogP contribution is 2.33. The Labute approximate surface area is 107 Å². The maximum absolute atomic E-state index is 12.0. The maximum Gasteiger partial charge on any atom is 0.241 e. The zero-order chi connectivity index (χ0) is 13.4. The van der Waals surface area contributed by atoms with Gasteiger partial charge in [-0.1, -0.05) is 12.2 Å². The van der Waals surface area contributed by atoms with Crippen LogP contribution in [0.15, 0.2) is 0 Å². The van der Waals surface area contributed by atoms with Gasteiger partial charge in [-0.3, -0.25) is 4.79 Å². The first kappa shape index (κ1) is 14.4. The maximum atomic E-state index is 12.0. The minimum Gasteiger partial charge on any atom is -0.392 e. The lowest BCUT2D eigenvalue weighted by Gasteiger charge is -2.25. The fraction of sp³-hybridized carbons (Fsp3) is 0.800. The summed E-state index contributed by atoms with van der Waals surface area (Å²) >= 11 is 4.88. The molecule has 5 nitrogen and oxygen atoms in total. The largest absolute Gasteiger partial charge is 0.392 e. The van der Waals surface area contributed by atoms with Crippen LogP contribution in [0.1, 0.15) is 26.7 Å². The van der Waals surface area contributed by atoms with Gasteiger partial charge in [0.1, 0.15) is 4.75 Å². The van der Waals surface area contributed by atoms with E-state index >= 15 is 0 Å². The summed E-state index contributed by atoms with van der Waals surface area (Å²) in [5.41, 5.74) is 5.55. The second kappa shape index (κ2) is 4.53. The Morgan fingerprint density at radius 1 is 1.47 bits per heavy atom. The molecule has 0 aromatic heterocycles. The van der Waals surface area contributed by atoms with Crippen molar-refractivity contribution in [3.8, 4) is 0 Å². The lowest BCUT2D eigenvalue weighted by Crippen LogP contribution is -2.54. The summed E-state index contributed by atoms with van der Waals surface area (Å²) in [6.45, 7) is 2.75. The van der Waals surface area contributed by atoms with E-state index < -0.39 is 26.5 Å². The molecular weight excluding hydrogens is 260 g/mol. The molecule has 0 aliphatic heterocycles. The molecule has 1 unspecified atom stereocenters. The Morgan fingerprint density at radius 3 is 2.24 bits per heavy atom. The monoisotopic (exact) mass is 278 g/mol. The second-order valence-corrected chi connectivity index (χ2v) is 8.01. The SMILES string of the molecule is CC(C)(C(=O)NC(C(N)=S)C1CC1)S(C)(=O)=O. The van der Waals surface area contributed by atoms with Gasteiger partial charge in [-0.25, -0.2) is 8.42 Å². The van der Waals surface area contributed by atoms with Crippen LogP contribution in [0.3, 0.4) is 0 Å². The van der Waals surface area contributed by atoms with Gasteiger partial charge in [0.25, 0.3) is 0 Å². The van der Waals surface area contributed by atoms with Gasteiger partial charge in [-0.2, -0.15) is 0 Å². The third-order valence-electron chi connectivity index (χ3n) is 3.16. The van der Waals surface area contributed by atoms with Crippen LogP contribution in [-0.4, -0.2) is 36.4 Å². The Morgan fingerprint density at radius 2 is 1.94 bits per heavy atom. The van der Waals surface area contributed by atoms with E-state index in [1.165, 1.54) is 13.8 Å². The van der Waals surface area contributed by atoms with E-state index in [4.69, 9.17) is 18.0 Å². The van der Waals surface area contributed by atoms with Crippen LogP contribution >= 0.6 is 12.2 Å². The number of hydrogen-bond donors (Lipinski definition) is 2. The van der Waals surface area contributed by atoms with E-state index in [2.05, 4.69) is 5.32 Å². The van der Waals surface area contributed by atoms with Crippen molar-refractivity contribution in [2.24, 2.45) is 11.7 Å². The normalized spacial score (nSPS) is 18.5. The van der Waals surface area contributed by atoms with Crippen LogP contribution in [-0.2, 0) is 14.6 Å². The van der Waals surface area contributed by atoms with Gasteiger partial charge < -0.3 is 11.1 Å². The van der Waals surface area contributed by atoms with Crippen LogP contribution < -0.4 is 11.1 Å². The van der Waals surface area contributed by atoms with E-state index in [9.17, 15) is 13.2 Å². The van der Waals surface area contributed by atoms with Crippen molar-refractivity contribution in [1.82, 2.24) is 5.32 Å². The highest BCUT2D eigenvalue weighted by molar-refractivity contribution is 7.92. The molecule has 1 aliphatic carbocycles. The van der Waals surface area contributed by atoms with Gasteiger partial charge in [0.05, 0.1) is 11.0 Å². The molecule has 98 valence electrons. The molecule has 0 spiro atoms. The number of thiocarbonyl (C=S) groups is 1. The molecule has 0 radical (unpaired) electrons. The smallest absolute Gasteiger partial charge is 0.241 e. The van der Waals surface area contributed by atoms with Gasteiger partial charge in [-0.05, 0) is 32.6 Å². The fourth-order valence-corrected chi connectivity index (χ4v) is 1.98. The third kappa shape index (κ3) is 3.16. The number of rotatable bonds is 5. The van der Waals surface area contributed by atoms with Gasteiger partial charge >= 0.3 is 0 Å². The minimum atomic E-state index is -3.47. The molecule has 1 aliphatic rings. The first-order chi connectivity index (χ1) is 7.57. The Kier molecular flexibility index (Phi) is 3.83. The van der Waals surface area contributed by atoms with E-state index in [-0.39, 0.29) is 10.9 Å². The van der Waals surface area contributed by atoms with Crippen molar-refractivity contribution in [3.05, 3.63) is 0 Å². The molecular formula is C10H18N2O3S2. The topological polar surface area (TPSA) is 89.3 Å². The molecule has 1 amide bonds. The van der Waals surface area contributed by atoms with Crippen LogP contribution in [0.5, 0.6) is 0 Å². The second-order valence-electron chi connectivity index (χ2n) is 4.97. The molecule has 1 atom stereocenters. The summed E-state index contributed by atoms with van der Waals surface area (Å²) in [6, 6.07) is -0.390. The predicted molar refractivity (Wildman–Crippen MR) is 70.4 cm³/mol. The van der Waals surface area contributed by atoms with E-state index in [1.54, 1.807) is 0 Å². The summed E-state index contributed by atoms with van der Waals surface area (Å²) in [7, 11) is -3.47. The number of nitrogens with two attached hydrogens (primary N) is 1. The van der Waals surface area contributed by atoms with Gasteiger partial charge in [0.15, 0.2) is 9.84 Å². The van der Waals surface area contributed by atoms with Crippen molar-refractivity contribution in [2.75, 3.05) is 6.26 Å². The van der Waals surface area contributed by atoms with Crippen LogP contribution in [0.25, 0.3) is 0 Å². The van der Waals surface area contributed by atoms with Gasteiger partial charge in [0, 0.05) is 6.26 Å². The lowest BCUT2D eigenvalue weighted by atomic mass is 10.1. The fourth-order valence-electron chi connectivity index (χ4n) is 1.33. The Hall–Kier alpha value is -0.690. The number of nitrogens with one attached hydrogen (secondary N) is 1. The average molecular weight is 278 g/mol. The van der Waals surface area contributed by atoms with Crippen molar-refractivity contribution >= 4 is 33.0 Å². The zero-order valence-electron chi connectivity index (χ0n) is 10.2. The molecule has 0 saturated heterocycles. The van der Waals surface area contributed by atoms with Crippen molar-refractivity contribution < 1.29 is 13.2 Å². The van der Waals surface area contributed by atoms with E-state index in [0.29, 0.717) is 0 Å². The molecule has 1 saturated carbocycles. The van der Waals surface area contributed by atoms with Crippen molar-refractivity contribution in [1.29, 1.82) is 0 Å². The summed E-state index contributed by atoms with van der Waals surface area (Å²) < 4.78 is 21.5. The Balaban J connectivity index is 2.81. The molecule has 0 aromatic carbocycles. The molecule has 1 rings (SSSR count). The van der Waals surface area contributed by atoms with Crippen LogP contribution in [0.2, 0.25) is 0 Å². The van der Waals surface area contributed by atoms with Gasteiger partial charge in [0.2, 0.25) is 5.91 Å². The molecule has 7 heteroatoms. The molecule has 0 bridgehead atoms. The van der Waals surface area contributed by atoms with Crippen LogP contribution in [0, 0.1) is 5.92 Å². The summed E-state index contributed by atoms with van der Waals surface area (Å²) in [6.07, 6.45) is 2.96. The minimum absolute atomic E-state index is 0.213. The molecule has 1 fully saturated rings. The number of carbonyl (C=O) groups excluding carboxylic acids is 1. The highest BCUT2D eigenvalue weighted by atomic mass is 32.2. The lowest BCUT2D eigenvalue weighted by molar-refractivity contribution is -0.123. The first-order valence-corrected chi connectivity index (χ1v) is 7.67. The third-order valence-corrected chi connectivity index (χ3v) is 5.45. The summed E-state index contributed by atoms with van der Waals surface area (Å²) in [5.74, 6) is -0.295. The van der Waals surface area contributed by atoms with Crippen molar-refractivity contribution in [2.45, 2.75) is 37.5 Å². The summed E-state index contributed by atoms with van der Waals surface area (Å²) in [4.78, 5) is 12.2. The zero-order valence-corrected chi connectivity index (χ0v) is 11.8. The predicted octanol–water partition coefficient (Wildman–Crippen LogP) is -0.00950. The first-order valence-electron chi connectivity index (χ1n) is 5.37. The summed E-state index contributed by atoms with van der Waals surface area (Å²) in [5, 5.41) is 2.64. The number of hydrogen-bond acceptors (Lipinski definition) is 4.